The van der Waals surface area contributed by atoms with E-state index in [0.717, 1.165) is 25.0 Å². The molecule has 1 saturated carbocycles. The molecule has 0 bridgehead atoms. The minimum atomic E-state index is -0.848. The Morgan fingerprint density at radius 2 is 2.07 bits per heavy atom. The molecule has 74 valence electrons. The molecule has 0 heterocycles. The average Bonchev–Trinajstić information content (AvgIpc) is 2.92. The maximum Gasteiger partial charge on any atom is 0.314 e. The first-order valence-corrected chi connectivity index (χ1v) is 4.33. The van der Waals surface area contributed by atoms with Gasteiger partial charge in [0.15, 0.2) is 11.6 Å². The van der Waals surface area contributed by atoms with Crippen molar-refractivity contribution in [1.82, 2.24) is 0 Å². The molecule has 1 aromatic rings. The van der Waals surface area contributed by atoms with Gasteiger partial charge in [0, 0.05) is 6.07 Å². The highest BCUT2D eigenvalue weighted by Crippen LogP contribution is 2.31. The standard InChI is InChI=1S/C10H8F2O2/c11-7-3-4-9(8(12)5-7)14-10(13)6-1-2-6/h3-6H,1-2H2. The van der Waals surface area contributed by atoms with E-state index in [1.54, 1.807) is 0 Å². The normalized spacial score (nSPS) is 15.3. The predicted molar refractivity (Wildman–Crippen MR) is 44.7 cm³/mol. The molecule has 1 aliphatic carbocycles. The smallest absolute Gasteiger partial charge is 0.314 e. The van der Waals surface area contributed by atoms with E-state index in [4.69, 9.17) is 4.74 Å². The molecule has 1 aliphatic rings. The molecule has 0 spiro atoms. The quantitative estimate of drug-likeness (QED) is 0.538. The number of hydrogen-bond acceptors (Lipinski definition) is 2. The van der Waals surface area contributed by atoms with Gasteiger partial charge < -0.3 is 4.74 Å². The van der Waals surface area contributed by atoms with E-state index in [0.29, 0.717) is 6.07 Å². The van der Waals surface area contributed by atoms with Gasteiger partial charge in [0.1, 0.15) is 5.82 Å². The van der Waals surface area contributed by atoms with Crippen LogP contribution in [0.15, 0.2) is 18.2 Å². The van der Waals surface area contributed by atoms with Crippen LogP contribution in [0.1, 0.15) is 12.8 Å². The van der Waals surface area contributed by atoms with Crippen LogP contribution in [0.4, 0.5) is 8.78 Å². The molecule has 1 aromatic carbocycles. The third kappa shape index (κ3) is 1.89. The van der Waals surface area contributed by atoms with Gasteiger partial charge in [0.2, 0.25) is 0 Å². The van der Waals surface area contributed by atoms with Gasteiger partial charge in [-0.2, -0.15) is 0 Å². The summed E-state index contributed by atoms with van der Waals surface area (Å²) in [6.07, 6.45) is 1.59. The Morgan fingerprint density at radius 3 is 2.64 bits per heavy atom. The molecule has 2 rings (SSSR count). The number of esters is 1. The lowest BCUT2D eigenvalue weighted by Crippen LogP contribution is -2.10. The van der Waals surface area contributed by atoms with Crippen LogP contribution in [0, 0.1) is 17.6 Å². The van der Waals surface area contributed by atoms with Gasteiger partial charge in [0.05, 0.1) is 5.92 Å². The second kappa shape index (κ2) is 3.36. The van der Waals surface area contributed by atoms with Crippen LogP contribution in [0.2, 0.25) is 0 Å². The fourth-order valence-corrected chi connectivity index (χ4v) is 1.07. The maximum absolute atomic E-state index is 13.0. The van der Waals surface area contributed by atoms with Crippen molar-refractivity contribution < 1.29 is 18.3 Å². The van der Waals surface area contributed by atoms with Crippen molar-refractivity contribution in [3.8, 4) is 5.75 Å². The van der Waals surface area contributed by atoms with Crippen LogP contribution in [0.5, 0.6) is 5.75 Å². The molecule has 14 heavy (non-hydrogen) atoms. The van der Waals surface area contributed by atoms with Crippen molar-refractivity contribution in [3.05, 3.63) is 29.8 Å². The Labute approximate surface area is 79.5 Å². The second-order valence-electron chi connectivity index (χ2n) is 3.27. The van der Waals surface area contributed by atoms with Gasteiger partial charge in [-0.3, -0.25) is 4.79 Å². The van der Waals surface area contributed by atoms with Crippen LogP contribution in [0.3, 0.4) is 0 Å². The molecule has 0 unspecified atom stereocenters. The number of ether oxygens (including phenoxy) is 1. The van der Waals surface area contributed by atoms with Gasteiger partial charge >= 0.3 is 5.97 Å². The van der Waals surface area contributed by atoms with Crippen LogP contribution >= 0.6 is 0 Å². The molecule has 2 nitrogen and oxygen atoms in total. The molecular formula is C10H8F2O2. The van der Waals surface area contributed by atoms with E-state index >= 15 is 0 Å². The topological polar surface area (TPSA) is 26.3 Å². The van der Waals surface area contributed by atoms with Crippen molar-refractivity contribution in [3.63, 3.8) is 0 Å². The zero-order chi connectivity index (χ0) is 10.1. The predicted octanol–water partition coefficient (Wildman–Crippen LogP) is 2.28. The van der Waals surface area contributed by atoms with Crippen molar-refractivity contribution in [2.75, 3.05) is 0 Å². The van der Waals surface area contributed by atoms with Crippen molar-refractivity contribution in [2.24, 2.45) is 5.92 Å². The Hall–Kier alpha value is -1.45. The minimum absolute atomic E-state index is 0.0977. The highest BCUT2D eigenvalue weighted by atomic mass is 19.1. The van der Waals surface area contributed by atoms with Crippen molar-refractivity contribution >= 4 is 5.97 Å². The summed E-state index contributed by atoms with van der Waals surface area (Å²) in [5, 5.41) is 0. The Bertz CT molecular complexity index is 372. The monoisotopic (exact) mass is 198 g/mol. The first kappa shape index (κ1) is 9.12. The van der Waals surface area contributed by atoms with Crippen LogP contribution in [-0.4, -0.2) is 5.97 Å². The number of hydrogen-bond donors (Lipinski definition) is 0. The second-order valence-corrected chi connectivity index (χ2v) is 3.27. The molecule has 0 aliphatic heterocycles. The fourth-order valence-electron chi connectivity index (χ4n) is 1.07. The summed E-state index contributed by atoms with van der Waals surface area (Å²) >= 11 is 0. The van der Waals surface area contributed by atoms with Crippen LogP contribution in [-0.2, 0) is 4.79 Å². The third-order valence-electron chi connectivity index (χ3n) is 2.02. The molecule has 0 aromatic heterocycles. The lowest BCUT2D eigenvalue weighted by atomic mass is 10.3. The molecule has 0 radical (unpaired) electrons. The highest BCUT2D eigenvalue weighted by molar-refractivity contribution is 5.77. The Balaban J connectivity index is 2.11. The van der Waals surface area contributed by atoms with E-state index in [2.05, 4.69) is 0 Å². The summed E-state index contributed by atoms with van der Waals surface area (Å²) in [6.45, 7) is 0. The number of carbonyl (C=O) groups is 1. The summed E-state index contributed by atoms with van der Waals surface area (Å²) in [5.74, 6) is -2.27. The van der Waals surface area contributed by atoms with Gasteiger partial charge in [-0.15, -0.1) is 0 Å². The fraction of sp³-hybridized carbons (Fsp3) is 0.300. The molecule has 0 amide bonds. The molecule has 4 heteroatoms. The van der Waals surface area contributed by atoms with E-state index < -0.39 is 17.6 Å². The number of benzene rings is 1. The molecular weight excluding hydrogens is 190 g/mol. The lowest BCUT2D eigenvalue weighted by Gasteiger charge is -2.03. The third-order valence-corrected chi connectivity index (χ3v) is 2.02. The maximum atomic E-state index is 13.0. The molecule has 1 fully saturated rings. The highest BCUT2D eigenvalue weighted by Gasteiger charge is 2.32. The first-order chi connectivity index (χ1) is 6.66. The van der Waals surface area contributed by atoms with Crippen molar-refractivity contribution in [1.29, 1.82) is 0 Å². The number of rotatable bonds is 2. The van der Waals surface area contributed by atoms with E-state index in [1.807, 2.05) is 0 Å². The van der Waals surface area contributed by atoms with Crippen molar-refractivity contribution in [2.45, 2.75) is 12.8 Å². The largest absolute Gasteiger partial charge is 0.423 e. The van der Waals surface area contributed by atoms with Gasteiger partial charge in [0.25, 0.3) is 0 Å². The van der Waals surface area contributed by atoms with E-state index in [1.165, 1.54) is 0 Å². The van der Waals surface area contributed by atoms with Crippen LogP contribution in [0.25, 0.3) is 0 Å². The summed E-state index contributed by atoms with van der Waals surface area (Å²) in [6, 6.07) is 2.86. The van der Waals surface area contributed by atoms with E-state index in [9.17, 15) is 13.6 Å². The number of carbonyl (C=O) groups excluding carboxylic acids is 1. The average molecular weight is 198 g/mol. The van der Waals surface area contributed by atoms with Gasteiger partial charge in [-0.1, -0.05) is 0 Å². The zero-order valence-corrected chi connectivity index (χ0v) is 7.30. The molecule has 0 N–H and O–H groups in total. The van der Waals surface area contributed by atoms with Gasteiger partial charge in [-0.05, 0) is 25.0 Å². The Kier molecular flexibility index (Phi) is 2.19. The summed E-state index contributed by atoms with van der Waals surface area (Å²) in [7, 11) is 0. The van der Waals surface area contributed by atoms with Crippen LogP contribution < -0.4 is 4.74 Å². The zero-order valence-electron chi connectivity index (χ0n) is 7.30. The van der Waals surface area contributed by atoms with E-state index in [-0.39, 0.29) is 11.7 Å². The first-order valence-electron chi connectivity index (χ1n) is 4.33. The molecule has 0 atom stereocenters. The summed E-state index contributed by atoms with van der Waals surface area (Å²) < 4.78 is 30.2. The summed E-state index contributed by atoms with van der Waals surface area (Å²) in [4.78, 5) is 11.1. The van der Waals surface area contributed by atoms with Gasteiger partial charge in [-0.25, -0.2) is 8.78 Å². The minimum Gasteiger partial charge on any atom is -0.423 e. The molecule has 0 saturated heterocycles. The summed E-state index contributed by atoms with van der Waals surface area (Å²) in [5.41, 5.74) is 0. The number of halogens is 2. The lowest BCUT2D eigenvalue weighted by molar-refractivity contribution is -0.136. The Morgan fingerprint density at radius 1 is 1.36 bits per heavy atom. The SMILES string of the molecule is O=C(Oc1ccc(F)cc1F)C1CC1.